The zero-order chi connectivity index (χ0) is 7.40. The minimum atomic E-state index is 0. The number of rotatable bonds is 1. The maximum atomic E-state index is 8.13. The van der Waals surface area contributed by atoms with Crippen LogP contribution in [-0.2, 0) is 0 Å². The van der Waals surface area contributed by atoms with E-state index in [9.17, 15) is 0 Å². The van der Waals surface area contributed by atoms with Crippen molar-refractivity contribution in [2.75, 3.05) is 5.73 Å². The van der Waals surface area contributed by atoms with Crippen LogP contribution >= 0.6 is 12.4 Å². The zero-order valence-corrected chi connectivity index (χ0v) is 6.45. The van der Waals surface area contributed by atoms with Crippen molar-refractivity contribution in [3.8, 4) is 0 Å². The first-order chi connectivity index (χ1) is 4.84. The molecule has 1 aromatic rings. The third-order valence-corrected chi connectivity index (χ3v) is 1.07. The highest BCUT2D eigenvalue weighted by atomic mass is 35.5. The molecule has 3 N–H and O–H groups in total. The molecule has 11 heavy (non-hydrogen) atoms. The van der Waals surface area contributed by atoms with Crippen LogP contribution in [0.5, 0.6) is 0 Å². The van der Waals surface area contributed by atoms with E-state index >= 15 is 0 Å². The molecule has 1 heterocycles. The van der Waals surface area contributed by atoms with Crippen molar-refractivity contribution in [1.82, 2.24) is 4.98 Å². The number of halogens is 1. The fraction of sp³-hybridized carbons (Fsp3) is 0. The van der Waals surface area contributed by atoms with Crippen molar-refractivity contribution >= 4 is 24.4 Å². The van der Waals surface area contributed by atoms with Crippen molar-refractivity contribution in [2.45, 2.75) is 0 Å². The van der Waals surface area contributed by atoms with Crippen molar-refractivity contribution in [1.29, 1.82) is 0 Å². The summed E-state index contributed by atoms with van der Waals surface area (Å²) in [6.45, 7) is 0. The summed E-state index contributed by atoms with van der Waals surface area (Å²) in [5, 5.41) is 11.0. The van der Waals surface area contributed by atoms with Gasteiger partial charge in [0.1, 0.15) is 5.82 Å². The van der Waals surface area contributed by atoms with Crippen molar-refractivity contribution in [2.24, 2.45) is 5.16 Å². The maximum Gasteiger partial charge on any atom is 0.132 e. The van der Waals surface area contributed by atoms with Gasteiger partial charge >= 0.3 is 0 Å². The number of oxime groups is 1. The molecule has 0 spiro atoms. The molecule has 0 fully saturated rings. The third kappa shape index (κ3) is 2.43. The second kappa shape index (κ2) is 4.51. The number of aromatic nitrogens is 1. The number of hydrogen-bond donors (Lipinski definition) is 2. The topological polar surface area (TPSA) is 71.5 Å². The molecule has 0 bridgehead atoms. The van der Waals surface area contributed by atoms with Gasteiger partial charge in [0, 0.05) is 11.8 Å². The van der Waals surface area contributed by atoms with Crippen molar-refractivity contribution in [3.63, 3.8) is 0 Å². The highest BCUT2D eigenvalue weighted by Gasteiger charge is 1.92. The molecule has 0 aliphatic heterocycles. The number of pyridine rings is 1. The standard InChI is InChI=1S/C6H7N3O.ClH/c7-6-5(4-9-10)2-1-3-8-6;/h1-4,10H,(H2,7,8);1H. The molecule has 0 aliphatic carbocycles. The third-order valence-electron chi connectivity index (χ3n) is 1.07. The Kier molecular flexibility index (Phi) is 3.98. The molecule has 0 saturated carbocycles. The van der Waals surface area contributed by atoms with Crippen LogP contribution < -0.4 is 5.73 Å². The highest BCUT2D eigenvalue weighted by Crippen LogP contribution is 2.01. The number of nitrogens with zero attached hydrogens (tertiary/aromatic N) is 2. The van der Waals surface area contributed by atoms with E-state index in [2.05, 4.69) is 10.1 Å². The lowest BCUT2D eigenvalue weighted by atomic mass is 10.3. The summed E-state index contributed by atoms with van der Waals surface area (Å²) in [6.07, 6.45) is 2.81. The lowest BCUT2D eigenvalue weighted by Crippen LogP contribution is -1.95. The van der Waals surface area contributed by atoms with Gasteiger partial charge in [-0.2, -0.15) is 0 Å². The summed E-state index contributed by atoms with van der Waals surface area (Å²) in [5.74, 6) is 0.361. The molecule has 4 nitrogen and oxygen atoms in total. The molecule has 0 saturated heterocycles. The van der Waals surface area contributed by atoms with Gasteiger partial charge < -0.3 is 10.9 Å². The number of nitrogens with two attached hydrogens (primary N) is 1. The average molecular weight is 174 g/mol. The summed E-state index contributed by atoms with van der Waals surface area (Å²) < 4.78 is 0. The number of nitrogen functional groups attached to an aromatic ring is 1. The molecular formula is C6H8ClN3O. The van der Waals surface area contributed by atoms with Crippen LogP contribution in [0.25, 0.3) is 0 Å². The second-order valence-electron chi connectivity index (χ2n) is 1.72. The molecule has 1 aromatic heterocycles. The summed E-state index contributed by atoms with van der Waals surface area (Å²) in [4.78, 5) is 3.77. The molecule has 5 heteroatoms. The lowest BCUT2D eigenvalue weighted by molar-refractivity contribution is 0.322. The Bertz CT molecular complexity index is 251. The Labute approximate surface area is 70.2 Å². The Morgan fingerprint density at radius 2 is 2.36 bits per heavy atom. The van der Waals surface area contributed by atoms with Gasteiger partial charge in [0.05, 0.1) is 6.21 Å². The first kappa shape index (κ1) is 9.71. The summed E-state index contributed by atoms with van der Waals surface area (Å²) in [5.41, 5.74) is 6.01. The van der Waals surface area contributed by atoms with Gasteiger partial charge in [0.2, 0.25) is 0 Å². The van der Waals surface area contributed by atoms with E-state index in [1.807, 2.05) is 0 Å². The van der Waals surface area contributed by atoms with Gasteiger partial charge in [0.25, 0.3) is 0 Å². The average Bonchev–Trinajstić information content (AvgIpc) is 1.94. The van der Waals surface area contributed by atoms with Crippen LogP contribution in [-0.4, -0.2) is 16.4 Å². The Balaban J connectivity index is 0.000001000. The van der Waals surface area contributed by atoms with Gasteiger partial charge in [-0.05, 0) is 12.1 Å². The minimum Gasteiger partial charge on any atom is -0.411 e. The predicted molar refractivity (Wildman–Crippen MR) is 45.3 cm³/mol. The summed E-state index contributed by atoms with van der Waals surface area (Å²) in [7, 11) is 0. The van der Waals surface area contributed by atoms with E-state index in [-0.39, 0.29) is 12.4 Å². The fourth-order valence-corrected chi connectivity index (χ4v) is 0.601. The molecule has 0 unspecified atom stereocenters. The second-order valence-corrected chi connectivity index (χ2v) is 1.72. The van der Waals surface area contributed by atoms with Crippen LogP contribution in [0, 0.1) is 0 Å². The van der Waals surface area contributed by atoms with E-state index in [4.69, 9.17) is 10.9 Å². The monoisotopic (exact) mass is 173 g/mol. The van der Waals surface area contributed by atoms with E-state index in [1.165, 1.54) is 6.21 Å². The first-order valence-electron chi connectivity index (χ1n) is 2.72. The predicted octanol–water partition coefficient (Wildman–Crippen LogP) is 0.894. The van der Waals surface area contributed by atoms with Gasteiger partial charge in [-0.25, -0.2) is 4.98 Å². The SMILES string of the molecule is Cl.Nc1ncccc1C=NO. The number of anilines is 1. The number of hydrogen-bond acceptors (Lipinski definition) is 4. The molecule has 0 atom stereocenters. The molecule has 0 radical (unpaired) electrons. The van der Waals surface area contributed by atoms with Crippen molar-refractivity contribution in [3.05, 3.63) is 23.9 Å². The largest absolute Gasteiger partial charge is 0.411 e. The first-order valence-corrected chi connectivity index (χ1v) is 2.72. The van der Waals surface area contributed by atoms with E-state index in [1.54, 1.807) is 18.3 Å². The van der Waals surface area contributed by atoms with Crippen molar-refractivity contribution < 1.29 is 5.21 Å². The summed E-state index contributed by atoms with van der Waals surface area (Å²) in [6, 6.07) is 3.43. The van der Waals surface area contributed by atoms with E-state index in [0.29, 0.717) is 11.4 Å². The smallest absolute Gasteiger partial charge is 0.132 e. The maximum absolute atomic E-state index is 8.13. The van der Waals surface area contributed by atoms with E-state index < -0.39 is 0 Å². The van der Waals surface area contributed by atoms with Crippen LogP contribution in [0.3, 0.4) is 0 Å². The van der Waals surface area contributed by atoms with Crippen LogP contribution in [0.1, 0.15) is 5.56 Å². The Morgan fingerprint density at radius 3 is 2.91 bits per heavy atom. The van der Waals surface area contributed by atoms with Crippen LogP contribution in [0.4, 0.5) is 5.82 Å². The molecule has 0 aliphatic rings. The Morgan fingerprint density at radius 1 is 1.64 bits per heavy atom. The van der Waals surface area contributed by atoms with Gasteiger partial charge in [-0.15, -0.1) is 12.4 Å². The van der Waals surface area contributed by atoms with Crippen LogP contribution in [0.15, 0.2) is 23.5 Å². The fourth-order valence-electron chi connectivity index (χ4n) is 0.601. The highest BCUT2D eigenvalue weighted by molar-refractivity contribution is 5.85. The molecule has 60 valence electrons. The molecule has 1 rings (SSSR count). The Hall–Kier alpha value is -1.29. The van der Waals surface area contributed by atoms with Gasteiger partial charge in [0.15, 0.2) is 0 Å². The minimum absolute atomic E-state index is 0. The van der Waals surface area contributed by atoms with Crippen LogP contribution in [0.2, 0.25) is 0 Å². The summed E-state index contributed by atoms with van der Waals surface area (Å²) >= 11 is 0. The van der Waals surface area contributed by atoms with E-state index in [0.717, 1.165) is 0 Å². The zero-order valence-electron chi connectivity index (χ0n) is 5.64. The normalized spacial score (nSPS) is 9.45. The molecule has 0 aromatic carbocycles. The van der Waals surface area contributed by atoms with Gasteiger partial charge in [-0.3, -0.25) is 0 Å². The lowest BCUT2D eigenvalue weighted by Gasteiger charge is -1.93. The quantitative estimate of drug-likeness (QED) is 0.377. The molecule has 0 amide bonds. The molecular weight excluding hydrogens is 166 g/mol. The van der Waals surface area contributed by atoms with Gasteiger partial charge in [-0.1, -0.05) is 5.16 Å².